The molecular weight excluding hydrogens is 242 g/mol. The van der Waals surface area contributed by atoms with Crippen molar-refractivity contribution in [1.29, 1.82) is 0 Å². The Kier molecular flexibility index (Phi) is 3.90. The van der Waals surface area contributed by atoms with E-state index in [1.165, 1.54) is 0 Å². The van der Waals surface area contributed by atoms with Gasteiger partial charge in [-0.25, -0.2) is 0 Å². The van der Waals surface area contributed by atoms with Gasteiger partial charge < -0.3 is 14.9 Å². The SMILES string of the molecule is CCOc1cccc(N)c1C(=O)c1ccc(CC)o1. The van der Waals surface area contributed by atoms with Crippen LogP contribution < -0.4 is 10.5 Å². The van der Waals surface area contributed by atoms with Crippen molar-refractivity contribution in [2.24, 2.45) is 0 Å². The van der Waals surface area contributed by atoms with Gasteiger partial charge in [-0.15, -0.1) is 0 Å². The molecule has 1 aromatic carbocycles. The molecular formula is C15H17NO3. The lowest BCUT2D eigenvalue weighted by Crippen LogP contribution is -2.08. The van der Waals surface area contributed by atoms with Crippen LogP contribution in [0.1, 0.15) is 35.7 Å². The van der Waals surface area contributed by atoms with Crippen LogP contribution in [-0.4, -0.2) is 12.4 Å². The molecule has 0 aliphatic rings. The number of carbonyl (C=O) groups is 1. The summed E-state index contributed by atoms with van der Waals surface area (Å²) in [5.74, 6) is 1.30. The van der Waals surface area contributed by atoms with Crippen molar-refractivity contribution in [3.8, 4) is 5.75 Å². The van der Waals surface area contributed by atoms with Crippen molar-refractivity contribution in [1.82, 2.24) is 0 Å². The van der Waals surface area contributed by atoms with Gasteiger partial charge in [-0.05, 0) is 31.2 Å². The second-order valence-electron chi connectivity index (χ2n) is 4.10. The number of anilines is 1. The number of benzene rings is 1. The van der Waals surface area contributed by atoms with Crippen LogP contribution in [0.2, 0.25) is 0 Å². The van der Waals surface area contributed by atoms with Crippen molar-refractivity contribution in [3.63, 3.8) is 0 Å². The molecule has 4 heteroatoms. The van der Waals surface area contributed by atoms with E-state index in [2.05, 4.69) is 0 Å². The molecule has 2 rings (SSSR count). The lowest BCUT2D eigenvalue weighted by molar-refractivity contribution is 0.100. The molecule has 1 heterocycles. The summed E-state index contributed by atoms with van der Waals surface area (Å²) >= 11 is 0. The fourth-order valence-electron chi connectivity index (χ4n) is 1.88. The highest BCUT2D eigenvalue weighted by atomic mass is 16.5. The van der Waals surface area contributed by atoms with Crippen LogP contribution in [0.5, 0.6) is 5.75 Å². The number of nitrogen functional groups attached to an aromatic ring is 1. The second kappa shape index (κ2) is 5.61. The Morgan fingerprint density at radius 1 is 1.26 bits per heavy atom. The fraction of sp³-hybridized carbons (Fsp3) is 0.267. The first-order chi connectivity index (χ1) is 9.17. The van der Waals surface area contributed by atoms with Crippen molar-refractivity contribution in [2.75, 3.05) is 12.3 Å². The van der Waals surface area contributed by atoms with E-state index < -0.39 is 0 Å². The van der Waals surface area contributed by atoms with E-state index in [9.17, 15) is 4.79 Å². The molecule has 2 N–H and O–H groups in total. The summed E-state index contributed by atoms with van der Waals surface area (Å²) in [6, 6.07) is 8.64. The highest BCUT2D eigenvalue weighted by Crippen LogP contribution is 2.28. The van der Waals surface area contributed by atoms with Gasteiger partial charge in [0.1, 0.15) is 11.5 Å². The molecule has 0 saturated heterocycles. The normalized spacial score (nSPS) is 10.4. The fourth-order valence-corrected chi connectivity index (χ4v) is 1.88. The molecule has 19 heavy (non-hydrogen) atoms. The predicted octanol–water partition coefficient (Wildman–Crippen LogP) is 3.05. The molecule has 0 saturated carbocycles. The Labute approximate surface area is 112 Å². The third kappa shape index (κ3) is 2.62. The van der Waals surface area contributed by atoms with Crippen molar-refractivity contribution in [2.45, 2.75) is 20.3 Å². The highest BCUT2D eigenvalue weighted by molar-refractivity contribution is 6.12. The van der Waals surface area contributed by atoms with Crippen LogP contribution >= 0.6 is 0 Å². The van der Waals surface area contributed by atoms with Crippen molar-refractivity contribution in [3.05, 3.63) is 47.4 Å². The average molecular weight is 259 g/mol. The van der Waals surface area contributed by atoms with E-state index in [1.807, 2.05) is 13.8 Å². The predicted molar refractivity (Wildman–Crippen MR) is 73.5 cm³/mol. The molecule has 4 nitrogen and oxygen atoms in total. The zero-order valence-corrected chi connectivity index (χ0v) is 11.1. The summed E-state index contributed by atoms with van der Waals surface area (Å²) in [6.45, 7) is 4.30. The quantitative estimate of drug-likeness (QED) is 0.662. The Morgan fingerprint density at radius 2 is 2.05 bits per heavy atom. The molecule has 2 aromatic rings. The number of aryl methyl sites for hydroxylation is 1. The lowest BCUT2D eigenvalue weighted by atomic mass is 10.1. The van der Waals surface area contributed by atoms with Crippen LogP contribution in [0.15, 0.2) is 34.7 Å². The van der Waals surface area contributed by atoms with Crippen LogP contribution in [0.3, 0.4) is 0 Å². The molecule has 0 amide bonds. The monoisotopic (exact) mass is 259 g/mol. The van der Waals surface area contributed by atoms with Crippen molar-refractivity contribution < 1.29 is 13.9 Å². The second-order valence-corrected chi connectivity index (χ2v) is 4.10. The molecule has 0 radical (unpaired) electrons. The smallest absolute Gasteiger partial charge is 0.233 e. The van der Waals surface area contributed by atoms with Gasteiger partial charge in [-0.1, -0.05) is 13.0 Å². The first kappa shape index (κ1) is 13.2. The number of nitrogens with two attached hydrogens (primary N) is 1. The molecule has 0 fully saturated rings. The summed E-state index contributed by atoms with van der Waals surface area (Å²) in [7, 11) is 0. The average Bonchev–Trinajstić information content (AvgIpc) is 2.87. The summed E-state index contributed by atoms with van der Waals surface area (Å²) in [6.07, 6.45) is 0.746. The summed E-state index contributed by atoms with van der Waals surface area (Å²) in [5, 5.41) is 0. The molecule has 100 valence electrons. The van der Waals surface area contributed by atoms with Gasteiger partial charge in [0.2, 0.25) is 5.78 Å². The molecule has 0 spiro atoms. The Bertz CT molecular complexity index is 587. The molecule has 0 aliphatic carbocycles. The van der Waals surface area contributed by atoms with E-state index in [4.69, 9.17) is 14.9 Å². The summed E-state index contributed by atoms with van der Waals surface area (Å²) in [4.78, 5) is 12.4. The maximum atomic E-state index is 12.4. The van der Waals surface area contributed by atoms with Crippen LogP contribution in [0, 0.1) is 0 Å². The molecule has 1 aromatic heterocycles. The number of ketones is 1. The minimum atomic E-state index is -0.249. The topological polar surface area (TPSA) is 65.5 Å². The third-order valence-corrected chi connectivity index (χ3v) is 2.82. The first-order valence-electron chi connectivity index (χ1n) is 6.32. The van der Waals surface area contributed by atoms with Gasteiger partial charge in [-0.3, -0.25) is 4.79 Å². The highest BCUT2D eigenvalue weighted by Gasteiger charge is 2.20. The van der Waals surface area contributed by atoms with Gasteiger partial charge in [0.05, 0.1) is 12.2 Å². The number of ether oxygens (including phenoxy) is 1. The van der Waals surface area contributed by atoms with E-state index in [1.54, 1.807) is 30.3 Å². The van der Waals surface area contributed by atoms with Crippen molar-refractivity contribution >= 4 is 11.5 Å². The van der Waals surface area contributed by atoms with Crippen LogP contribution in [-0.2, 0) is 6.42 Å². The zero-order chi connectivity index (χ0) is 13.8. The van der Waals surface area contributed by atoms with Gasteiger partial charge in [-0.2, -0.15) is 0 Å². The number of furan rings is 1. The number of carbonyl (C=O) groups excluding carboxylic acids is 1. The van der Waals surface area contributed by atoms with Gasteiger partial charge >= 0.3 is 0 Å². The van der Waals surface area contributed by atoms with Gasteiger partial charge in [0, 0.05) is 12.1 Å². The van der Waals surface area contributed by atoms with Gasteiger partial charge in [0.25, 0.3) is 0 Å². The van der Waals surface area contributed by atoms with E-state index in [0.717, 1.165) is 12.2 Å². The van der Waals surface area contributed by atoms with E-state index in [0.29, 0.717) is 23.6 Å². The van der Waals surface area contributed by atoms with E-state index in [-0.39, 0.29) is 11.5 Å². The Balaban J connectivity index is 2.42. The molecule has 0 bridgehead atoms. The Hall–Kier alpha value is -2.23. The minimum Gasteiger partial charge on any atom is -0.493 e. The zero-order valence-electron chi connectivity index (χ0n) is 11.1. The molecule has 0 atom stereocenters. The number of hydrogen-bond acceptors (Lipinski definition) is 4. The van der Waals surface area contributed by atoms with Crippen LogP contribution in [0.25, 0.3) is 0 Å². The largest absolute Gasteiger partial charge is 0.493 e. The molecule has 0 aliphatic heterocycles. The number of hydrogen-bond donors (Lipinski definition) is 1. The maximum Gasteiger partial charge on any atom is 0.233 e. The van der Waals surface area contributed by atoms with Crippen LogP contribution in [0.4, 0.5) is 5.69 Å². The van der Waals surface area contributed by atoms with Gasteiger partial charge in [0.15, 0.2) is 5.76 Å². The maximum absolute atomic E-state index is 12.4. The third-order valence-electron chi connectivity index (χ3n) is 2.82. The van der Waals surface area contributed by atoms with E-state index >= 15 is 0 Å². The lowest BCUT2D eigenvalue weighted by Gasteiger charge is -2.10. The standard InChI is InChI=1S/C15H17NO3/c1-3-10-8-9-13(19-10)15(17)14-11(16)6-5-7-12(14)18-4-2/h5-9H,3-4,16H2,1-2H3. The minimum absolute atomic E-state index is 0.249. The number of rotatable bonds is 5. The summed E-state index contributed by atoms with van der Waals surface area (Å²) in [5.41, 5.74) is 6.64. The Morgan fingerprint density at radius 3 is 2.68 bits per heavy atom. The molecule has 0 unspecified atom stereocenters. The first-order valence-corrected chi connectivity index (χ1v) is 6.32. The summed E-state index contributed by atoms with van der Waals surface area (Å²) < 4.78 is 10.9.